The largest absolute Gasteiger partial charge is 0.494 e. The molecule has 0 saturated carbocycles. The van der Waals surface area contributed by atoms with Crippen LogP contribution < -0.4 is 10.1 Å². The summed E-state index contributed by atoms with van der Waals surface area (Å²) >= 11 is 1.60. The van der Waals surface area contributed by atoms with Gasteiger partial charge in [0.1, 0.15) is 12.0 Å². The van der Waals surface area contributed by atoms with Gasteiger partial charge in [-0.1, -0.05) is 30.8 Å². The minimum absolute atomic E-state index is 0.257. The van der Waals surface area contributed by atoms with Crippen molar-refractivity contribution in [3.8, 4) is 5.75 Å². The lowest BCUT2D eigenvalue weighted by molar-refractivity contribution is 0.317. The lowest BCUT2D eigenvalue weighted by Gasteiger charge is -2.16. The zero-order chi connectivity index (χ0) is 14.2. The van der Waals surface area contributed by atoms with Gasteiger partial charge < -0.3 is 14.5 Å². The Labute approximate surface area is 123 Å². The molecule has 0 aliphatic heterocycles. The first-order chi connectivity index (χ1) is 9.83. The first kappa shape index (κ1) is 14.9. The second-order valence-electron chi connectivity index (χ2n) is 4.37. The highest BCUT2D eigenvalue weighted by atomic mass is 32.2. The summed E-state index contributed by atoms with van der Waals surface area (Å²) < 4.78 is 10.8. The number of thioether (sulfide) groups is 1. The number of rotatable bonds is 8. The zero-order valence-corrected chi connectivity index (χ0v) is 12.7. The van der Waals surface area contributed by atoms with Crippen LogP contribution in [0.1, 0.15) is 24.9 Å². The van der Waals surface area contributed by atoms with Crippen molar-refractivity contribution in [2.45, 2.75) is 24.6 Å². The Bertz CT molecular complexity index is 485. The van der Waals surface area contributed by atoms with Crippen molar-refractivity contribution in [1.82, 2.24) is 10.3 Å². The molecule has 0 saturated heterocycles. The topological polar surface area (TPSA) is 47.3 Å². The van der Waals surface area contributed by atoms with Crippen molar-refractivity contribution in [2.75, 3.05) is 19.4 Å². The third-order valence-corrected chi connectivity index (χ3v) is 3.84. The van der Waals surface area contributed by atoms with E-state index in [1.54, 1.807) is 24.2 Å². The van der Waals surface area contributed by atoms with Gasteiger partial charge in [-0.3, -0.25) is 0 Å². The molecule has 0 radical (unpaired) electrons. The van der Waals surface area contributed by atoms with E-state index in [1.165, 1.54) is 5.56 Å². The fourth-order valence-electron chi connectivity index (χ4n) is 1.80. The number of nitrogens with zero attached hydrogens (tertiary/aromatic N) is 1. The van der Waals surface area contributed by atoms with Crippen molar-refractivity contribution in [1.29, 1.82) is 0 Å². The molecule has 1 aromatic heterocycles. The van der Waals surface area contributed by atoms with Crippen LogP contribution >= 0.6 is 11.8 Å². The molecule has 0 spiro atoms. The number of nitrogens with one attached hydrogen (secondary N) is 1. The van der Waals surface area contributed by atoms with Gasteiger partial charge in [-0.15, -0.1) is 0 Å². The number of benzene rings is 1. The lowest BCUT2D eigenvalue weighted by Crippen LogP contribution is -2.18. The van der Waals surface area contributed by atoms with E-state index in [1.807, 2.05) is 19.2 Å². The van der Waals surface area contributed by atoms with Gasteiger partial charge >= 0.3 is 0 Å². The van der Waals surface area contributed by atoms with Gasteiger partial charge in [0.2, 0.25) is 0 Å². The van der Waals surface area contributed by atoms with Crippen molar-refractivity contribution < 1.29 is 9.15 Å². The molecule has 0 bridgehead atoms. The molecule has 1 N–H and O–H groups in total. The maximum absolute atomic E-state index is 5.59. The Morgan fingerprint density at radius 3 is 2.75 bits per heavy atom. The molecule has 2 aromatic rings. The second-order valence-corrected chi connectivity index (χ2v) is 5.34. The van der Waals surface area contributed by atoms with Crippen LogP contribution in [0.4, 0.5) is 0 Å². The van der Waals surface area contributed by atoms with E-state index in [9.17, 15) is 0 Å². The Morgan fingerprint density at radius 1 is 1.35 bits per heavy atom. The average molecular weight is 292 g/mol. The normalized spacial score (nSPS) is 12.3. The summed E-state index contributed by atoms with van der Waals surface area (Å²) in [7, 11) is 1.96. The highest BCUT2D eigenvalue weighted by Crippen LogP contribution is 2.24. The average Bonchev–Trinajstić information content (AvgIpc) is 3.00. The van der Waals surface area contributed by atoms with Gasteiger partial charge in [-0.05, 0) is 31.2 Å². The first-order valence-electron chi connectivity index (χ1n) is 6.75. The monoisotopic (exact) mass is 292 g/mol. The fraction of sp³-hybridized carbons (Fsp3) is 0.400. The van der Waals surface area contributed by atoms with Crippen molar-refractivity contribution >= 4 is 11.8 Å². The summed E-state index contributed by atoms with van der Waals surface area (Å²) in [6.07, 6.45) is 4.28. The molecule has 2 rings (SSSR count). The summed E-state index contributed by atoms with van der Waals surface area (Å²) in [5.74, 6) is 1.79. The number of hydrogen-bond donors (Lipinski definition) is 1. The van der Waals surface area contributed by atoms with E-state index in [2.05, 4.69) is 29.4 Å². The van der Waals surface area contributed by atoms with Crippen LogP contribution in [0.25, 0.3) is 0 Å². The molecule has 0 aliphatic carbocycles. The lowest BCUT2D eigenvalue weighted by atomic mass is 10.1. The van der Waals surface area contributed by atoms with Crippen molar-refractivity contribution in [2.24, 2.45) is 0 Å². The molecule has 1 unspecified atom stereocenters. The highest BCUT2D eigenvalue weighted by Gasteiger charge is 2.11. The molecular weight excluding hydrogens is 272 g/mol. The summed E-state index contributed by atoms with van der Waals surface area (Å²) in [6.45, 7) is 2.86. The van der Waals surface area contributed by atoms with Crippen molar-refractivity contribution in [3.63, 3.8) is 0 Å². The zero-order valence-electron chi connectivity index (χ0n) is 11.8. The maximum Gasteiger partial charge on any atom is 0.255 e. The number of ether oxygens (including phenoxy) is 1. The minimum Gasteiger partial charge on any atom is -0.494 e. The van der Waals surface area contributed by atoms with Gasteiger partial charge in [0, 0.05) is 11.8 Å². The second kappa shape index (κ2) is 7.97. The van der Waals surface area contributed by atoms with Gasteiger partial charge in [0.15, 0.2) is 0 Å². The molecule has 0 fully saturated rings. The first-order valence-corrected chi connectivity index (χ1v) is 7.74. The van der Waals surface area contributed by atoms with E-state index < -0.39 is 0 Å². The molecule has 0 aliphatic rings. The van der Waals surface area contributed by atoms with Crippen molar-refractivity contribution in [3.05, 3.63) is 42.3 Å². The Kier molecular flexibility index (Phi) is 5.95. The molecule has 1 atom stereocenters. The Hall–Kier alpha value is -1.46. The molecule has 4 nitrogen and oxygen atoms in total. The van der Waals surface area contributed by atoms with E-state index >= 15 is 0 Å². The van der Waals surface area contributed by atoms with Gasteiger partial charge in [0.25, 0.3) is 5.22 Å². The van der Waals surface area contributed by atoms with Crippen LogP contribution in [-0.4, -0.2) is 24.4 Å². The van der Waals surface area contributed by atoms with Gasteiger partial charge in [-0.2, -0.15) is 0 Å². The van der Waals surface area contributed by atoms with Gasteiger partial charge in [0.05, 0.1) is 12.8 Å². The molecule has 20 heavy (non-hydrogen) atoms. The molecule has 0 amide bonds. The summed E-state index contributed by atoms with van der Waals surface area (Å²) in [4.78, 5) is 4.11. The third-order valence-electron chi connectivity index (χ3n) is 2.89. The molecular formula is C15H20N2O2S. The van der Waals surface area contributed by atoms with E-state index in [4.69, 9.17) is 9.15 Å². The van der Waals surface area contributed by atoms with Crippen LogP contribution in [0.2, 0.25) is 0 Å². The van der Waals surface area contributed by atoms with Crippen LogP contribution in [0, 0.1) is 0 Å². The summed E-state index contributed by atoms with van der Waals surface area (Å²) in [6, 6.07) is 8.49. The smallest absolute Gasteiger partial charge is 0.255 e. The fourth-order valence-corrected chi connectivity index (χ4v) is 2.73. The van der Waals surface area contributed by atoms with Crippen LogP contribution in [-0.2, 0) is 0 Å². The third kappa shape index (κ3) is 4.28. The molecule has 1 heterocycles. The van der Waals surface area contributed by atoms with Crippen LogP contribution in [0.5, 0.6) is 5.75 Å². The molecule has 108 valence electrons. The predicted octanol–water partition coefficient (Wildman–Crippen LogP) is 3.52. The maximum atomic E-state index is 5.59. The predicted molar refractivity (Wildman–Crippen MR) is 81.3 cm³/mol. The van der Waals surface area contributed by atoms with E-state index in [0.29, 0.717) is 5.22 Å². The number of oxazole rings is 1. The van der Waals surface area contributed by atoms with E-state index in [-0.39, 0.29) is 6.04 Å². The Balaban J connectivity index is 1.92. The highest BCUT2D eigenvalue weighted by molar-refractivity contribution is 7.99. The number of aromatic nitrogens is 1. The van der Waals surface area contributed by atoms with Gasteiger partial charge in [-0.25, -0.2) is 4.98 Å². The quantitative estimate of drug-likeness (QED) is 0.754. The van der Waals surface area contributed by atoms with E-state index in [0.717, 1.165) is 24.5 Å². The Morgan fingerprint density at radius 2 is 2.15 bits per heavy atom. The van der Waals surface area contributed by atoms with Crippen LogP contribution in [0.15, 0.2) is 46.4 Å². The molecule has 5 heteroatoms. The van der Waals surface area contributed by atoms with Crippen LogP contribution in [0.3, 0.4) is 0 Å². The SMILES string of the molecule is CCCOc1ccc(C(CSc2ncco2)NC)cc1. The number of hydrogen-bond acceptors (Lipinski definition) is 5. The molecule has 1 aromatic carbocycles. The standard InChI is InChI=1S/C15H20N2O2S/c1-3-9-18-13-6-4-12(5-7-13)14(16-2)11-20-15-17-8-10-19-15/h4-8,10,14,16H,3,9,11H2,1-2H3. The summed E-state index contributed by atoms with van der Waals surface area (Å²) in [5.41, 5.74) is 1.23. The summed E-state index contributed by atoms with van der Waals surface area (Å²) in [5, 5.41) is 4.01. The minimum atomic E-state index is 0.257.